The topological polar surface area (TPSA) is 70.6 Å². The Morgan fingerprint density at radius 1 is 1.15 bits per heavy atom. The van der Waals surface area contributed by atoms with Crippen LogP contribution in [0.3, 0.4) is 0 Å². The van der Waals surface area contributed by atoms with E-state index in [4.69, 9.17) is 4.74 Å². The van der Waals surface area contributed by atoms with E-state index in [1.165, 1.54) is 24.6 Å². The van der Waals surface area contributed by atoms with Gasteiger partial charge in [-0.15, -0.1) is 0 Å². The van der Waals surface area contributed by atoms with Gasteiger partial charge in [-0.1, -0.05) is 32.9 Å². The second-order valence-corrected chi connectivity index (χ2v) is 10.1. The molecule has 0 saturated carbocycles. The number of carbonyl (C=O) groups is 1. The summed E-state index contributed by atoms with van der Waals surface area (Å²) in [6.45, 7) is 8.71. The molecule has 0 bridgehead atoms. The molecule has 0 spiro atoms. The molecular weight excluding hydrogens is 426 g/mol. The van der Waals surface area contributed by atoms with Gasteiger partial charge in [0.25, 0.3) is 0 Å². The van der Waals surface area contributed by atoms with E-state index < -0.39 is 23.8 Å². The van der Waals surface area contributed by atoms with Gasteiger partial charge in [-0.3, -0.25) is 4.79 Å². The number of hydrogen-bond acceptors (Lipinski definition) is 4. The number of halogens is 2. The van der Waals surface area contributed by atoms with Gasteiger partial charge in [0, 0.05) is 37.6 Å². The zero-order chi connectivity index (χ0) is 24.2. The molecule has 5 nitrogen and oxygen atoms in total. The zero-order valence-electron chi connectivity index (χ0n) is 19.8. The summed E-state index contributed by atoms with van der Waals surface area (Å²) in [6.07, 6.45) is 0.838. The van der Waals surface area contributed by atoms with Crippen molar-refractivity contribution in [2.75, 3.05) is 13.2 Å². The molecule has 0 radical (unpaired) electrons. The van der Waals surface area contributed by atoms with Gasteiger partial charge in [0.15, 0.2) is 0 Å². The predicted molar refractivity (Wildman–Crippen MR) is 124 cm³/mol. The Labute approximate surface area is 194 Å². The highest BCUT2D eigenvalue weighted by Gasteiger charge is 2.26. The second-order valence-electron chi connectivity index (χ2n) is 10.1. The summed E-state index contributed by atoms with van der Waals surface area (Å²) in [6, 6.07) is 8.77. The predicted octanol–water partition coefficient (Wildman–Crippen LogP) is 4.07. The number of amides is 1. The van der Waals surface area contributed by atoms with Crippen molar-refractivity contribution < 1.29 is 23.4 Å². The Hall–Kier alpha value is -2.51. The third kappa shape index (κ3) is 7.51. The van der Waals surface area contributed by atoms with Gasteiger partial charge in [-0.05, 0) is 47.6 Å². The Morgan fingerprint density at radius 2 is 1.85 bits per heavy atom. The third-order valence-electron chi connectivity index (χ3n) is 5.65. The van der Waals surface area contributed by atoms with E-state index in [0.717, 1.165) is 30.2 Å². The highest BCUT2D eigenvalue weighted by molar-refractivity contribution is 5.73. The average molecular weight is 461 g/mol. The summed E-state index contributed by atoms with van der Waals surface area (Å²) in [5.74, 6) is -0.869. The van der Waals surface area contributed by atoms with Crippen molar-refractivity contribution in [2.24, 2.45) is 5.41 Å². The number of fused-ring (bicyclic) bond motifs is 1. The Kier molecular flexibility index (Phi) is 8.08. The van der Waals surface area contributed by atoms with E-state index in [1.807, 2.05) is 6.07 Å². The maximum absolute atomic E-state index is 13.6. The molecular formula is C26H34F2N2O3. The van der Waals surface area contributed by atoms with Gasteiger partial charge in [-0.25, -0.2) is 8.78 Å². The summed E-state index contributed by atoms with van der Waals surface area (Å²) in [4.78, 5) is 11.7. The van der Waals surface area contributed by atoms with Crippen molar-refractivity contribution in [3.63, 3.8) is 0 Å². The van der Waals surface area contributed by atoms with E-state index in [2.05, 4.69) is 43.5 Å². The monoisotopic (exact) mass is 460 g/mol. The molecule has 3 N–H and O–H groups in total. The van der Waals surface area contributed by atoms with Crippen molar-refractivity contribution in [1.29, 1.82) is 0 Å². The first-order valence-corrected chi connectivity index (χ1v) is 11.4. The molecule has 3 atom stereocenters. The van der Waals surface area contributed by atoms with Gasteiger partial charge in [-0.2, -0.15) is 0 Å². The summed E-state index contributed by atoms with van der Waals surface area (Å²) < 4.78 is 33.0. The van der Waals surface area contributed by atoms with Crippen molar-refractivity contribution in [3.8, 4) is 5.75 Å². The molecule has 0 saturated heterocycles. The molecule has 1 aliphatic heterocycles. The van der Waals surface area contributed by atoms with Gasteiger partial charge in [0.2, 0.25) is 5.91 Å². The highest BCUT2D eigenvalue weighted by Crippen LogP contribution is 2.34. The smallest absolute Gasteiger partial charge is 0.217 e. The van der Waals surface area contributed by atoms with E-state index in [1.54, 1.807) is 0 Å². The van der Waals surface area contributed by atoms with E-state index in [9.17, 15) is 18.7 Å². The standard InChI is InChI=1S/C26H34F2N2O3/c1-16(31)30-23(12-18-9-19(27)13-20(28)10-18)24(32)15-29-22-7-8-33-25-6-5-17(11-21(22)25)14-26(2,3)4/h5-6,9-11,13,22-24,29,32H,7-8,12,14-15H2,1-4H3,(H,30,31). The minimum atomic E-state index is -0.954. The van der Waals surface area contributed by atoms with Gasteiger partial charge in [0.1, 0.15) is 17.4 Å². The van der Waals surface area contributed by atoms with Crippen LogP contribution in [-0.2, 0) is 17.6 Å². The molecule has 0 aromatic heterocycles. The highest BCUT2D eigenvalue weighted by atomic mass is 19.1. The summed E-state index contributed by atoms with van der Waals surface area (Å²) in [5.41, 5.74) is 2.81. The van der Waals surface area contributed by atoms with Crippen molar-refractivity contribution in [2.45, 2.75) is 65.1 Å². The number of ether oxygens (including phenoxy) is 1. The molecule has 3 rings (SSSR count). The van der Waals surface area contributed by atoms with Crippen LogP contribution in [-0.4, -0.2) is 36.3 Å². The maximum Gasteiger partial charge on any atom is 0.217 e. The second kappa shape index (κ2) is 10.6. The summed E-state index contributed by atoms with van der Waals surface area (Å²) >= 11 is 0. The normalized spacial score (nSPS) is 17.6. The van der Waals surface area contributed by atoms with Gasteiger partial charge in [0.05, 0.1) is 18.8 Å². The van der Waals surface area contributed by atoms with Crippen LogP contribution in [0.2, 0.25) is 0 Å². The average Bonchev–Trinajstić information content (AvgIpc) is 2.69. The summed E-state index contributed by atoms with van der Waals surface area (Å²) in [7, 11) is 0. The van der Waals surface area contributed by atoms with E-state index in [-0.39, 0.29) is 30.3 Å². The molecule has 2 aromatic rings. The Balaban J connectivity index is 1.70. The quantitative estimate of drug-likeness (QED) is 0.555. The number of hydrogen-bond donors (Lipinski definition) is 3. The lowest BCUT2D eigenvalue weighted by Crippen LogP contribution is -2.48. The maximum atomic E-state index is 13.6. The number of aliphatic hydroxyl groups excluding tert-OH is 1. The molecule has 7 heteroatoms. The number of carbonyl (C=O) groups excluding carboxylic acids is 1. The fourth-order valence-electron chi connectivity index (χ4n) is 4.31. The molecule has 1 heterocycles. The number of rotatable bonds is 8. The van der Waals surface area contributed by atoms with E-state index in [0.29, 0.717) is 12.2 Å². The SMILES string of the molecule is CC(=O)NC(Cc1cc(F)cc(F)c1)C(O)CNC1CCOc2ccc(CC(C)(C)C)cc21. The first-order valence-electron chi connectivity index (χ1n) is 11.4. The van der Waals surface area contributed by atoms with Crippen LogP contribution in [0.25, 0.3) is 0 Å². The van der Waals surface area contributed by atoms with Gasteiger partial charge < -0.3 is 20.5 Å². The van der Waals surface area contributed by atoms with E-state index >= 15 is 0 Å². The number of nitrogens with one attached hydrogen (secondary N) is 2. The number of benzene rings is 2. The lowest BCUT2D eigenvalue weighted by atomic mass is 9.86. The molecule has 1 aliphatic rings. The number of aliphatic hydroxyl groups is 1. The van der Waals surface area contributed by atoms with Crippen LogP contribution in [0.15, 0.2) is 36.4 Å². The molecule has 180 valence electrons. The van der Waals surface area contributed by atoms with Crippen molar-refractivity contribution >= 4 is 5.91 Å². The first-order chi connectivity index (χ1) is 15.5. The minimum absolute atomic E-state index is 0.00656. The molecule has 2 aromatic carbocycles. The van der Waals surface area contributed by atoms with Crippen molar-refractivity contribution in [1.82, 2.24) is 10.6 Å². The largest absolute Gasteiger partial charge is 0.493 e. The minimum Gasteiger partial charge on any atom is -0.493 e. The molecule has 33 heavy (non-hydrogen) atoms. The fourth-order valence-corrected chi connectivity index (χ4v) is 4.31. The fraction of sp³-hybridized carbons (Fsp3) is 0.500. The molecule has 0 fully saturated rings. The van der Waals surface area contributed by atoms with Crippen LogP contribution in [0, 0.1) is 17.0 Å². The van der Waals surface area contributed by atoms with Crippen LogP contribution in [0.1, 0.15) is 56.8 Å². The van der Waals surface area contributed by atoms with Crippen LogP contribution in [0.4, 0.5) is 8.78 Å². The van der Waals surface area contributed by atoms with Crippen LogP contribution < -0.4 is 15.4 Å². The molecule has 3 unspecified atom stereocenters. The van der Waals surface area contributed by atoms with Gasteiger partial charge >= 0.3 is 0 Å². The molecule has 1 amide bonds. The molecule has 0 aliphatic carbocycles. The third-order valence-corrected chi connectivity index (χ3v) is 5.65. The summed E-state index contributed by atoms with van der Waals surface area (Å²) in [5, 5.41) is 17.0. The Morgan fingerprint density at radius 3 is 2.48 bits per heavy atom. The Bertz CT molecular complexity index is 954. The van der Waals surface area contributed by atoms with Crippen molar-refractivity contribution in [3.05, 3.63) is 64.7 Å². The van der Waals surface area contributed by atoms with Crippen LogP contribution in [0.5, 0.6) is 5.75 Å². The lowest BCUT2D eigenvalue weighted by Gasteiger charge is -2.30. The van der Waals surface area contributed by atoms with Crippen LogP contribution >= 0.6 is 0 Å². The lowest BCUT2D eigenvalue weighted by molar-refractivity contribution is -0.120. The first kappa shape index (κ1) is 25.1. The zero-order valence-corrected chi connectivity index (χ0v) is 19.8.